The van der Waals surface area contributed by atoms with Crippen LogP contribution in [0.15, 0.2) is 45.5 Å². The molecular formula is C16H14BrNO5. The number of hydrogen-bond donors (Lipinski definition) is 1. The van der Waals surface area contributed by atoms with Gasteiger partial charge in [-0.05, 0) is 17.7 Å². The summed E-state index contributed by atoms with van der Waals surface area (Å²) in [4.78, 5) is 24.9. The van der Waals surface area contributed by atoms with E-state index in [0.717, 1.165) is 16.3 Å². The highest BCUT2D eigenvalue weighted by Gasteiger charge is 2.28. The van der Waals surface area contributed by atoms with Gasteiger partial charge >= 0.3 is 5.97 Å². The molecule has 0 radical (unpaired) electrons. The number of morpholine rings is 1. The summed E-state index contributed by atoms with van der Waals surface area (Å²) in [6.07, 6.45) is 0.848. The summed E-state index contributed by atoms with van der Waals surface area (Å²) in [7, 11) is 0. The van der Waals surface area contributed by atoms with Gasteiger partial charge in [0, 0.05) is 17.1 Å². The van der Waals surface area contributed by atoms with E-state index in [0.29, 0.717) is 19.7 Å². The molecule has 0 bridgehead atoms. The number of carbonyl (C=O) groups is 2. The molecule has 0 aliphatic carbocycles. The summed E-state index contributed by atoms with van der Waals surface area (Å²) in [5.41, 5.74) is 0.938. The van der Waals surface area contributed by atoms with Crippen LogP contribution >= 0.6 is 15.9 Å². The van der Waals surface area contributed by atoms with E-state index in [1.807, 2.05) is 24.3 Å². The van der Waals surface area contributed by atoms with Gasteiger partial charge in [-0.15, -0.1) is 0 Å². The molecule has 3 rings (SSSR count). The van der Waals surface area contributed by atoms with E-state index in [1.54, 1.807) is 4.90 Å². The topological polar surface area (TPSA) is 80.0 Å². The third-order valence-corrected chi connectivity index (χ3v) is 4.12. The Morgan fingerprint density at radius 3 is 2.83 bits per heavy atom. The Morgan fingerprint density at radius 2 is 2.13 bits per heavy atom. The van der Waals surface area contributed by atoms with Crippen molar-refractivity contribution >= 4 is 27.8 Å². The third kappa shape index (κ3) is 3.46. The lowest BCUT2D eigenvalue weighted by Crippen LogP contribution is -2.42. The first-order chi connectivity index (χ1) is 11.0. The number of aromatic carboxylic acids is 1. The van der Waals surface area contributed by atoms with Crippen molar-refractivity contribution in [3.63, 3.8) is 0 Å². The van der Waals surface area contributed by atoms with Gasteiger partial charge in [0.05, 0.1) is 18.7 Å². The third-order valence-electron chi connectivity index (χ3n) is 3.63. The fourth-order valence-corrected chi connectivity index (χ4v) is 2.88. The van der Waals surface area contributed by atoms with Crippen LogP contribution in [0.1, 0.15) is 32.6 Å². The number of hydrogen-bond acceptors (Lipinski definition) is 4. The predicted molar refractivity (Wildman–Crippen MR) is 84.4 cm³/mol. The van der Waals surface area contributed by atoms with Gasteiger partial charge < -0.3 is 19.2 Å². The van der Waals surface area contributed by atoms with Crippen LogP contribution in [0.5, 0.6) is 0 Å². The Morgan fingerprint density at radius 1 is 1.30 bits per heavy atom. The molecule has 1 aromatic carbocycles. The lowest BCUT2D eigenvalue weighted by Gasteiger charge is -2.32. The molecule has 1 atom stereocenters. The van der Waals surface area contributed by atoms with Crippen molar-refractivity contribution in [1.29, 1.82) is 0 Å². The lowest BCUT2D eigenvalue weighted by molar-refractivity contribution is -0.0237. The second-order valence-electron chi connectivity index (χ2n) is 5.17. The van der Waals surface area contributed by atoms with E-state index < -0.39 is 5.97 Å². The number of carboxylic acids is 1. The van der Waals surface area contributed by atoms with E-state index in [9.17, 15) is 9.59 Å². The highest BCUT2D eigenvalue weighted by molar-refractivity contribution is 9.10. The van der Waals surface area contributed by atoms with Gasteiger partial charge in [0.1, 0.15) is 12.4 Å². The number of furan rings is 1. The van der Waals surface area contributed by atoms with E-state index in [2.05, 4.69) is 15.9 Å². The molecule has 120 valence electrons. The van der Waals surface area contributed by atoms with Crippen LogP contribution in [-0.2, 0) is 4.74 Å². The maximum Gasteiger partial charge on any atom is 0.338 e. The minimum atomic E-state index is -1.12. The number of carbonyl (C=O) groups excluding carboxylic acids is 1. The van der Waals surface area contributed by atoms with Gasteiger partial charge in [0.15, 0.2) is 5.76 Å². The van der Waals surface area contributed by atoms with Crippen molar-refractivity contribution < 1.29 is 23.8 Å². The zero-order valence-electron chi connectivity index (χ0n) is 12.1. The second kappa shape index (κ2) is 6.55. The summed E-state index contributed by atoms with van der Waals surface area (Å²) in [6.45, 7) is 1.24. The van der Waals surface area contributed by atoms with Crippen molar-refractivity contribution in [3.05, 3.63) is 58.0 Å². The van der Waals surface area contributed by atoms with Crippen LogP contribution in [0.2, 0.25) is 0 Å². The van der Waals surface area contributed by atoms with Crippen LogP contribution in [0, 0.1) is 0 Å². The molecule has 1 amide bonds. The highest BCUT2D eigenvalue weighted by Crippen LogP contribution is 2.25. The fraction of sp³-hybridized carbons (Fsp3) is 0.250. The van der Waals surface area contributed by atoms with E-state index in [1.165, 1.54) is 6.07 Å². The number of halogens is 1. The minimum Gasteiger partial charge on any atom is -0.478 e. The largest absolute Gasteiger partial charge is 0.478 e. The van der Waals surface area contributed by atoms with Gasteiger partial charge in [-0.25, -0.2) is 4.79 Å². The molecule has 1 unspecified atom stereocenters. The van der Waals surface area contributed by atoms with Gasteiger partial charge in [-0.2, -0.15) is 0 Å². The van der Waals surface area contributed by atoms with Crippen molar-refractivity contribution in [2.45, 2.75) is 6.10 Å². The van der Waals surface area contributed by atoms with Crippen LogP contribution in [0.25, 0.3) is 0 Å². The molecule has 1 aliphatic heterocycles. The predicted octanol–water partition coefficient (Wildman–Crippen LogP) is 2.95. The molecule has 1 saturated heterocycles. The molecule has 1 aliphatic rings. The number of rotatable bonds is 3. The van der Waals surface area contributed by atoms with Crippen LogP contribution in [-0.4, -0.2) is 41.6 Å². The standard InChI is InChI=1S/C16H14BrNO5/c17-12-3-1-2-10(6-12)14-8-18(4-5-22-14)15(19)13-7-11(9-23-13)16(20)21/h1-3,6-7,9,14H,4-5,8H2,(H,20,21). The molecular weight excluding hydrogens is 366 g/mol. The lowest BCUT2D eigenvalue weighted by atomic mass is 10.1. The maximum absolute atomic E-state index is 12.5. The fourth-order valence-electron chi connectivity index (χ4n) is 2.46. The van der Waals surface area contributed by atoms with Crippen molar-refractivity contribution in [1.82, 2.24) is 4.90 Å². The monoisotopic (exact) mass is 379 g/mol. The Balaban J connectivity index is 1.75. The molecule has 2 aromatic rings. The molecule has 0 spiro atoms. The molecule has 2 heterocycles. The zero-order chi connectivity index (χ0) is 16.4. The normalized spacial score (nSPS) is 18.0. The number of carboxylic acid groups (broad SMARTS) is 1. The molecule has 7 heteroatoms. The molecule has 1 N–H and O–H groups in total. The Hall–Kier alpha value is -2.12. The number of benzene rings is 1. The van der Waals surface area contributed by atoms with Gasteiger partial charge in [0.25, 0.3) is 5.91 Å². The molecule has 1 aromatic heterocycles. The molecule has 1 fully saturated rings. The number of ether oxygens (including phenoxy) is 1. The summed E-state index contributed by atoms with van der Waals surface area (Å²) < 4.78 is 11.8. The van der Waals surface area contributed by atoms with Crippen molar-refractivity contribution in [3.8, 4) is 0 Å². The van der Waals surface area contributed by atoms with Gasteiger partial charge in [0.2, 0.25) is 0 Å². The summed E-state index contributed by atoms with van der Waals surface area (Å²) in [5, 5.41) is 8.90. The van der Waals surface area contributed by atoms with Crippen LogP contribution in [0.3, 0.4) is 0 Å². The highest BCUT2D eigenvalue weighted by atomic mass is 79.9. The summed E-state index contributed by atoms with van der Waals surface area (Å²) in [6, 6.07) is 8.97. The average molecular weight is 380 g/mol. The summed E-state index contributed by atoms with van der Waals surface area (Å²) >= 11 is 3.42. The summed E-state index contributed by atoms with van der Waals surface area (Å²) in [5.74, 6) is -1.43. The molecule has 6 nitrogen and oxygen atoms in total. The van der Waals surface area contributed by atoms with Gasteiger partial charge in [-0.3, -0.25) is 4.79 Å². The van der Waals surface area contributed by atoms with Crippen molar-refractivity contribution in [2.75, 3.05) is 19.7 Å². The Bertz CT molecular complexity index is 742. The van der Waals surface area contributed by atoms with E-state index >= 15 is 0 Å². The van der Waals surface area contributed by atoms with Gasteiger partial charge in [-0.1, -0.05) is 28.1 Å². The SMILES string of the molecule is O=C(O)c1coc(C(=O)N2CCOC(c3cccc(Br)c3)C2)c1. The Labute approximate surface area is 140 Å². The van der Waals surface area contributed by atoms with Crippen LogP contribution in [0.4, 0.5) is 0 Å². The smallest absolute Gasteiger partial charge is 0.338 e. The van der Waals surface area contributed by atoms with E-state index in [-0.39, 0.29) is 23.3 Å². The first kappa shape index (κ1) is 15.8. The first-order valence-electron chi connectivity index (χ1n) is 7.03. The Kier molecular flexibility index (Phi) is 4.49. The van der Waals surface area contributed by atoms with Crippen LogP contribution < -0.4 is 0 Å². The molecule has 23 heavy (non-hydrogen) atoms. The quantitative estimate of drug-likeness (QED) is 0.886. The minimum absolute atomic E-state index is 0.0253. The number of amides is 1. The average Bonchev–Trinajstić information content (AvgIpc) is 3.04. The number of nitrogens with zero attached hydrogens (tertiary/aromatic N) is 1. The molecule has 0 saturated carbocycles. The zero-order valence-corrected chi connectivity index (χ0v) is 13.7. The second-order valence-corrected chi connectivity index (χ2v) is 6.09. The first-order valence-corrected chi connectivity index (χ1v) is 7.82. The van der Waals surface area contributed by atoms with Crippen molar-refractivity contribution in [2.24, 2.45) is 0 Å². The van der Waals surface area contributed by atoms with E-state index in [4.69, 9.17) is 14.3 Å². The maximum atomic E-state index is 12.5.